The normalized spacial score (nSPS) is 13.6. The highest BCUT2D eigenvalue weighted by molar-refractivity contribution is 5.78. The molecule has 0 aromatic carbocycles. The molecule has 0 bridgehead atoms. The molecule has 1 atom stereocenters. The largest absolute Gasteiger partial charge is 0.481 e. The van der Waals surface area contributed by atoms with Gasteiger partial charge in [-0.1, -0.05) is 0 Å². The molecule has 8 N–H and O–H groups in total. The molecule has 82 valence electrons. The fraction of sp³-hybridized carbons (Fsp3) is 0.714. The summed E-state index contributed by atoms with van der Waals surface area (Å²) >= 11 is 0. The van der Waals surface area contributed by atoms with Gasteiger partial charge in [-0.2, -0.15) is 0 Å². The molecular weight excluding hydrogens is 190 g/mol. The van der Waals surface area contributed by atoms with Crippen LogP contribution in [0.3, 0.4) is 0 Å². The van der Waals surface area contributed by atoms with Crippen molar-refractivity contribution in [3.63, 3.8) is 0 Å². The van der Waals surface area contributed by atoms with Crippen molar-refractivity contribution in [1.82, 2.24) is 0 Å². The van der Waals surface area contributed by atoms with Crippen LogP contribution in [0, 0.1) is 0 Å². The second kappa shape index (κ2) is 4.89. The zero-order chi connectivity index (χ0) is 11.4. The monoisotopic (exact) mass is 205 g/mol. The van der Waals surface area contributed by atoms with E-state index in [0.717, 1.165) is 0 Å². The van der Waals surface area contributed by atoms with Crippen LogP contribution in [0.4, 0.5) is 0 Å². The van der Waals surface area contributed by atoms with Crippen LogP contribution >= 0.6 is 0 Å². The van der Waals surface area contributed by atoms with Crippen LogP contribution in [0.25, 0.3) is 0 Å². The minimum atomic E-state index is -2.00. The first-order chi connectivity index (χ1) is 6.28. The zero-order valence-corrected chi connectivity index (χ0v) is 7.64. The number of carboxylic acid groups (broad SMARTS) is 2. The lowest BCUT2D eigenvalue weighted by Gasteiger charge is -2.26. The predicted molar refractivity (Wildman–Crippen MR) is 48.2 cm³/mol. The summed E-state index contributed by atoms with van der Waals surface area (Å²) in [7, 11) is 0. The minimum Gasteiger partial charge on any atom is -0.481 e. The van der Waals surface area contributed by atoms with E-state index in [1.54, 1.807) is 0 Å². The molecule has 7 nitrogen and oxygen atoms in total. The molecule has 0 rings (SSSR count). The summed E-state index contributed by atoms with van der Waals surface area (Å²) in [5, 5.41) is 16.9. The summed E-state index contributed by atoms with van der Waals surface area (Å²) in [5.41, 5.74) is 13.9. The van der Waals surface area contributed by atoms with Crippen molar-refractivity contribution < 1.29 is 19.8 Å². The van der Waals surface area contributed by atoms with Gasteiger partial charge in [-0.25, -0.2) is 4.79 Å². The van der Waals surface area contributed by atoms with Crippen molar-refractivity contribution in [2.45, 2.75) is 31.0 Å². The predicted octanol–water partition coefficient (Wildman–Crippen LogP) is -1.73. The second-order valence-corrected chi connectivity index (χ2v) is 3.13. The van der Waals surface area contributed by atoms with Crippen molar-refractivity contribution in [3.8, 4) is 0 Å². The van der Waals surface area contributed by atoms with Crippen molar-refractivity contribution in [2.75, 3.05) is 0 Å². The van der Waals surface area contributed by atoms with E-state index < -0.39 is 23.6 Å². The fourth-order valence-corrected chi connectivity index (χ4v) is 0.871. The van der Waals surface area contributed by atoms with Crippen LogP contribution in [0.1, 0.15) is 19.3 Å². The van der Waals surface area contributed by atoms with Gasteiger partial charge in [-0.05, 0) is 12.8 Å². The molecule has 7 heteroatoms. The van der Waals surface area contributed by atoms with Crippen molar-refractivity contribution in [1.29, 1.82) is 0 Å². The van der Waals surface area contributed by atoms with Gasteiger partial charge in [0.25, 0.3) is 0 Å². The van der Waals surface area contributed by atoms with E-state index in [2.05, 4.69) is 0 Å². The Bertz CT molecular complexity index is 229. The molecule has 0 radical (unpaired) electrons. The van der Waals surface area contributed by atoms with E-state index >= 15 is 0 Å². The van der Waals surface area contributed by atoms with E-state index in [4.69, 9.17) is 27.4 Å². The minimum absolute atomic E-state index is 0.0800. The quantitative estimate of drug-likeness (QED) is 0.323. The van der Waals surface area contributed by atoms with E-state index in [0.29, 0.717) is 0 Å². The first kappa shape index (κ1) is 12.8. The highest BCUT2D eigenvalue weighted by Gasteiger charge is 2.35. The van der Waals surface area contributed by atoms with Gasteiger partial charge in [0.05, 0.1) is 0 Å². The lowest BCUT2D eigenvalue weighted by atomic mass is 9.98. The topological polar surface area (TPSA) is 153 Å². The zero-order valence-electron chi connectivity index (χ0n) is 7.64. The van der Waals surface area contributed by atoms with Crippen molar-refractivity contribution >= 4 is 11.9 Å². The standard InChI is InChI=1S/C7H15N3O4/c8-4(2-1-3-5(11)12)7(9,10)6(13)14/h4H,1-3,8-10H2,(H,11,12)(H,13,14). The summed E-state index contributed by atoms with van der Waals surface area (Å²) < 4.78 is 0. The number of hydrogen-bond acceptors (Lipinski definition) is 5. The lowest BCUT2D eigenvalue weighted by Crippen LogP contribution is -2.67. The Morgan fingerprint density at radius 3 is 2.14 bits per heavy atom. The maximum absolute atomic E-state index is 10.5. The number of nitrogens with two attached hydrogens (primary N) is 3. The van der Waals surface area contributed by atoms with Gasteiger partial charge in [0, 0.05) is 12.5 Å². The Kier molecular flexibility index (Phi) is 4.48. The van der Waals surface area contributed by atoms with Gasteiger partial charge in [0.1, 0.15) is 0 Å². The molecule has 0 aliphatic carbocycles. The van der Waals surface area contributed by atoms with E-state index in [9.17, 15) is 9.59 Å². The molecular formula is C7H15N3O4. The van der Waals surface area contributed by atoms with Gasteiger partial charge >= 0.3 is 11.9 Å². The Morgan fingerprint density at radius 1 is 1.29 bits per heavy atom. The molecule has 1 unspecified atom stereocenters. The lowest BCUT2D eigenvalue weighted by molar-refractivity contribution is -0.144. The molecule has 0 saturated heterocycles. The molecule has 0 aromatic rings. The average Bonchev–Trinajstić information content (AvgIpc) is 2.02. The molecule has 0 fully saturated rings. The summed E-state index contributed by atoms with van der Waals surface area (Å²) in [4.78, 5) is 20.7. The average molecular weight is 205 g/mol. The van der Waals surface area contributed by atoms with E-state index in [1.165, 1.54) is 0 Å². The Labute approximate surface area is 80.9 Å². The van der Waals surface area contributed by atoms with Crippen LogP contribution in [0.2, 0.25) is 0 Å². The maximum Gasteiger partial charge on any atom is 0.340 e. The molecule has 0 aliphatic rings. The summed E-state index contributed by atoms with van der Waals surface area (Å²) in [5.74, 6) is -2.37. The van der Waals surface area contributed by atoms with Crippen LogP contribution < -0.4 is 17.2 Å². The third kappa shape index (κ3) is 3.69. The molecule has 0 aliphatic heterocycles. The Balaban J connectivity index is 4.01. The van der Waals surface area contributed by atoms with Gasteiger partial charge in [-0.3, -0.25) is 4.79 Å². The highest BCUT2D eigenvalue weighted by atomic mass is 16.4. The third-order valence-electron chi connectivity index (χ3n) is 1.89. The van der Waals surface area contributed by atoms with Gasteiger partial charge in [-0.15, -0.1) is 0 Å². The van der Waals surface area contributed by atoms with E-state index in [1.807, 2.05) is 0 Å². The number of hydrogen-bond donors (Lipinski definition) is 5. The van der Waals surface area contributed by atoms with Crippen molar-refractivity contribution in [2.24, 2.45) is 17.2 Å². The first-order valence-corrected chi connectivity index (χ1v) is 4.07. The van der Waals surface area contributed by atoms with Crippen LogP contribution in [-0.2, 0) is 9.59 Å². The SMILES string of the molecule is NC(CCCC(=O)O)C(N)(N)C(=O)O. The van der Waals surface area contributed by atoms with Crippen LogP contribution in [0.5, 0.6) is 0 Å². The van der Waals surface area contributed by atoms with Crippen LogP contribution in [0.15, 0.2) is 0 Å². The van der Waals surface area contributed by atoms with Gasteiger partial charge in [0.15, 0.2) is 5.66 Å². The first-order valence-electron chi connectivity index (χ1n) is 4.07. The van der Waals surface area contributed by atoms with Crippen LogP contribution in [-0.4, -0.2) is 33.9 Å². The third-order valence-corrected chi connectivity index (χ3v) is 1.89. The maximum atomic E-state index is 10.5. The summed E-state index contributed by atoms with van der Waals surface area (Å²) in [6, 6.07) is -0.959. The molecule has 0 heterocycles. The van der Waals surface area contributed by atoms with Gasteiger partial charge < -0.3 is 27.4 Å². The summed E-state index contributed by atoms with van der Waals surface area (Å²) in [6.45, 7) is 0. The highest BCUT2D eigenvalue weighted by Crippen LogP contribution is 2.06. The molecule has 0 spiro atoms. The molecule has 0 saturated carbocycles. The smallest absolute Gasteiger partial charge is 0.340 e. The Hall–Kier alpha value is -1.18. The number of carboxylic acids is 2. The van der Waals surface area contributed by atoms with E-state index in [-0.39, 0.29) is 19.3 Å². The van der Waals surface area contributed by atoms with Crippen molar-refractivity contribution in [3.05, 3.63) is 0 Å². The molecule has 14 heavy (non-hydrogen) atoms. The van der Waals surface area contributed by atoms with Gasteiger partial charge in [0.2, 0.25) is 0 Å². The Morgan fingerprint density at radius 2 is 1.79 bits per heavy atom. The second-order valence-electron chi connectivity index (χ2n) is 3.13. The molecule has 0 aromatic heterocycles. The fourth-order valence-electron chi connectivity index (χ4n) is 0.871. The number of carbonyl (C=O) groups is 2. The summed E-state index contributed by atoms with van der Waals surface area (Å²) in [6.07, 6.45) is 0.328. The molecule has 0 amide bonds. The number of aliphatic carboxylic acids is 2. The number of rotatable bonds is 6.